The van der Waals surface area contributed by atoms with Gasteiger partial charge in [-0.1, -0.05) is 41.4 Å². The molecule has 3 aromatic heterocycles. The van der Waals surface area contributed by atoms with Gasteiger partial charge in [-0.3, -0.25) is 19.7 Å². The minimum absolute atomic E-state index is 0.343. The first-order valence-electron chi connectivity index (χ1n) is 9.59. The third-order valence-electron chi connectivity index (χ3n) is 5.05. The second-order valence-electron chi connectivity index (χ2n) is 7.19. The predicted octanol–water partition coefficient (Wildman–Crippen LogP) is 4.86. The van der Waals surface area contributed by atoms with Crippen LogP contribution in [-0.4, -0.2) is 25.3 Å². The summed E-state index contributed by atoms with van der Waals surface area (Å²) in [5.41, 5.74) is 4.51. The monoisotopic (exact) mass is 483 g/mol. The second kappa shape index (κ2) is 8.05. The number of para-hydroxylation sites is 1. The summed E-state index contributed by atoms with van der Waals surface area (Å²) < 4.78 is 2.91. The molecule has 0 radical (unpaired) electrons. The van der Waals surface area contributed by atoms with Gasteiger partial charge in [0.25, 0.3) is 11.5 Å². The molecule has 32 heavy (non-hydrogen) atoms. The molecule has 1 amide bonds. The molecule has 7 nitrogen and oxygen atoms in total. The highest BCUT2D eigenvalue weighted by Gasteiger charge is 2.18. The van der Waals surface area contributed by atoms with Crippen LogP contribution in [0.4, 0.5) is 0 Å². The Labute approximate surface area is 195 Å². The number of hydrogen-bond donors (Lipinski definition) is 1. The van der Waals surface area contributed by atoms with Crippen LogP contribution in [0, 0.1) is 6.92 Å². The fourth-order valence-corrected chi connectivity index (χ4v) is 4.98. The Hall–Kier alpha value is -3.20. The van der Waals surface area contributed by atoms with Gasteiger partial charge in [0.15, 0.2) is 0 Å². The first-order valence-corrected chi connectivity index (χ1v) is 11.2. The van der Waals surface area contributed by atoms with Crippen LogP contribution in [0.2, 0.25) is 10.0 Å². The lowest BCUT2D eigenvalue weighted by molar-refractivity contribution is 0.101. The van der Waals surface area contributed by atoms with Crippen molar-refractivity contribution in [2.75, 3.05) is 5.43 Å². The van der Waals surface area contributed by atoms with E-state index >= 15 is 0 Å². The van der Waals surface area contributed by atoms with Crippen LogP contribution >= 0.6 is 34.5 Å². The molecule has 0 aliphatic carbocycles. The number of halogens is 2. The molecular weight excluding hydrogens is 469 g/mol. The summed E-state index contributed by atoms with van der Waals surface area (Å²) in [6, 6.07) is 14.1. The zero-order chi connectivity index (χ0) is 22.4. The largest absolute Gasteiger partial charge is 0.280 e. The molecule has 3 heterocycles. The highest BCUT2D eigenvalue weighted by Crippen LogP contribution is 2.30. The molecule has 5 rings (SSSR count). The summed E-state index contributed by atoms with van der Waals surface area (Å²) in [5, 5.41) is 6.99. The first kappa shape index (κ1) is 20.7. The van der Waals surface area contributed by atoms with Gasteiger partial charge >= 0.3 is 0 Å². The highest BCUT2D eigenvalue weighted by atomic mass is 35.5. The number of hydrogen-bond acceptors (Lipinski definition) is 5. The van der Waals surface area contributed by atoms with E-state index in [1.54, 1.807) is 42.5 Å². The maximum Gasteiger partial charge on any atom is 0.280 e. The topological polar surface area (TPSA) is 81.8 Å². The fraction of sp³-hybridized carbons (Fsp3) is 0.0909. The van der Waals surface area contributed by atoms with Crippen molar-refractivity contribution in [2.24, 2.45) is 0 Å². The molecule has 5 aromatic rings. The average molecular weight is 484 g/mol. The van der Waals surface area contributed by atoms with Gasteiger partial charge in [-0.05, 0) is 42.8 Å². The molecule has 10 heteroatoms. The number of carbonyl (C=O) groups excluding carboxylic acids is 1. The molecule has 1 N–H and O–H groups in total. The van der Waals surface area contributed by atoms with Crippen molar-refractivity contribution in [2.45, 2.75) is 13.5 Å². The number of nitrogens with zero attached hydrogens (tertiary/aromatic N) is 4. The fourth-order valence-electron chi connectivity index (χ4n) is 3.46. The summed E-state index contributed by atoms with van der Waals surface area (Å²) in [7, 11) is 0. The molecule has 0 bridgehead atoms. The lowest BCUT2D eigenvalue weighted by Crippen LogP contribution is -2.32. The molecule has 0 aliphatic rings. The Morgan fingerprint density at radius 3 is 2.75 bits per heavy atom. The number of amides is 1. The van der Waals surface area contributed by atoms with E-state index in [0.717, 1.165) is 26.2 Å². The zero-order valence-corrected chi connectivity index (χ0v) is 19.0. The van der Waals surface area contributed by atoms with Gasteiger partial charge in [0.1, 0.15) is 11.2 Å². The van der Waals surface area contributed by atoms with Gasteiger partial charge in [0.2, 0.25) is 0 Å². The van der Waals surface area contributed by atoms with Crippen LogP contribution in [0.15, 0.2) is 59.7 Å². The van der Waals surface area contributed by atoms with E-state index in [1.807, 2.05) is 17.7 Å². The second-order valence-corrected chi connectivity index (χ2v) is 9.06. The van der Waals surface area contributed by atoms with Crippen molar-refractivity contribution in [3.8, 4) is 0 Å². The smallest absolute Gasteiger partial charge is 0.267 e. The Kier molecular flexibility index (Phi) is 5.21. The van der Waals surface area contributed by atoms with Gasteiger partial charge in [0, 0.05) is 15.4 Å². The van der Waals surface area contributed by atoms with Crippen LogP contribution in [0.1, 0.15) is 20.9 Å². The molecule has 0 saturated heterocycles. The standard InChI is InChI=1S/C22H15Cl2N5O2S/c1-12-16-9-19(20(30)27-29-11-25-18-5-3-2-4-15(18)21(29)31)32-22(16)28(26-12)10-13-6-7-14(23)8-17(13)24/h2-9,11H,10H2,1H3,(H,27,30). The molecule has 0 atom stereocenters. The number of aromatic nitrogens is 4. The SMILES string of the molecule is Cc1nn(Cc2ccc(Cl)cc2Cl)c2sc(C(=O)Nn3cnc4ccccc4c3=O)cc12. The molecule has 160 valence electrons. The molecule has 0 spiro atoms. The van der Waals surface area contributed by atoms with E-state index in [-0.39, 0.29) is 5.56 Å². The van der Waals surface area contributed by atoms with Crippen molar-refractivity contribution in [3.63, 3.8) is 0 Å². The van der Waals surface area contributed by atoms with Crippen molar-refractivity contribution in [3.05, 3.63) is 91.4 Å². The molecule has 2 aromatic carbocycles. The lowest BCUT2D eigenvalue weighted by atomic mass is 10.2. The number of nitrogens with one attached hydrogen (secondary N) is 1. The Bertz CT molecular complexity index is 1570. The van der Waals surface area contributed by atoms with Crippen LogP contribution in [0.3, 0.4) is 0 Å². The highest BCUT2D eigenvalue weighted by molar-refractivity contribution is 7.20. The van der Waals surface area contributed by atoms with Crippen LogP contribution in [0.25, 0.3) is 21.1 Å². The lowest BCUT2D eigenvalue weighted by Gasteiger charge is -2.07. The third-order valence-corrected chi connectivity index (χ3v) is 6.79. The van der Waals surface area contributed by atoms with E-state index in [9.17, 15) is 9.59 Å². The summed E-state index contributed by atoms with van der Waals surface area (Å²) in [5.74, 6) is -0.402. The van der Waals surface area contributed by atoms with Crippen LogP contribution < -0.4 is 11.0 Å². The van der Waals surface area contributed by atoms with Crippen LogP contribution in [-0.2, 0) is 6.54 Å². The molecule has 0 fully saturated rings. The predicted molar refractivity (Wildman–Crippen MR) is 128 cm³/mol. The summed E-state index contributed by atoms with van der Waals surface area (Å²) in [6.45, 7) is 2.32. The molecule has 0 saturated carbocycles. The number of aryl methyl sites for hydroxylation is 1. The minimum Gasteiger partial charge on any atom is -0.267 e. The summed E-state index contributed by atoms with van der Waals surface area (Å²) in [6.07, 6.45) is 1.31. The summed E-state index contributed by atoms with van der Waals surface area (Å²) in [4.78, 5) is 31.1. The maximum absolute atomic E-state index is 12.9. The van der Waals surface area contributed by atoms with Gasteiger partial charge in [-0.2, -0.15) is 5.10 Å². The van der Waals surface area contributed by atoms with Crippen molar-refractivity contribution in [1.29, 1.82) is 0 Å². The molecular formula is C22H15Cl2N5O2S. The summed E-state index contributed by atoms with van der Waals surface area (Å²) >= 11 is 13.6. The maximum atomic E-state index is 12.9. The zero-order valence-electron chi connectivity index (χ0n) is 16.7. The Morgan fingerprint density at radius 1 is 1.12 bits per heavy atom. The Morgan fingerprint density at radius 2 is 1.94 bits per heavy atom. The van der Waals surface area contributed by atoms with E-state index in [4.69, 9.17) is 23.2 Å². The molecule has 0 aliphatic heterocycles. The van der Waals surface area contributed by atoms with Crippen LogP contribution in [0.5, 0.6) is 0 Å². The van der Waals surface area contributed by atoms with Gasteiger partial charge in [-0.15, -0.1) is 11.3 Å². The van der Waals surface area contributed by atoms with E-state index in [0.29, 0.717) is 32.4 Å². The number of thiophene rings is 1. The number of benzene rings is 2. The van der Waals surface area contributed by atoms with Gasteiger partial charge < -0.3 is 0 Å². The first-order chi connectivity index (χ1) is 15.4. The number of rotatable bonds is 4. The molecule has 0 unspecified atom stereocenters. The minimum atomic E-state index is -0.402. The average Bonchev–Trinajstić information content (AvgIpc) is 3.33. The van der Waals surface area contributed by atoms with E-state index < -0.39 is 5.91 Å². The van der Waals surface area contributed by atoms with E-state index in [2.05, 4.69) is 15.5 Å². The normalized spacial score (nSPS) is 11.3. The third kappa shape index (κ3) is 3.66. The van der Waals surface area contributed by atoms with Gasteiger partial charge in [0.05, 0.1) is 28.0 Å². The van der Waals surface area contributed by atoms with Crippen molar-refractivity contribution >= 4 is 61.6 Å². The quantitative estimate of drug-likeness (QED) is 0.395. The Balaban J connectivity index is 1.46. The number of carbonyl (C=O) groups is 1. The van der Waals surface area contributed by atoms with E-state index in [1.165, 1.54) is 17.7 Å². The number of fused-ring (bicyclic) bond motifs is 2. The van der Waals surface area contributed by atoms with Gasteiger partial charge in [-0.25, -0.2) is 9.66 Å². The van der Waals surface area contributed by atoms with Crippen molar-refractivity contribution in [1.82, 2.24) is 19.4 Å². The van der Waals surface area contributed by atoms with Crippen molar-refractivity contribution < 1.29 is 4.79 Å².